The summed E-state index contributed by atoms with van der Waals surface area (Å²) in [5, 5.41) is 4.55. The van der Waals surface area contributed by atoms with Crippen LogP contribution in [0.25, 0.3) is 5.69 Å². The summed E-state index contributed by atoms with van der Waals surface area (Å²) in [5.74, 6) is 0.733. The van der Waals surface area contributed by atoms with Crippen LogP contribution in [-0.4, -0.2) is 16.0 Å². The molecule has 2 aromatic heterocycles. The summed E-state index contributed by atoms with van der Waals surface area (Å²) >= 11 is 0. The third-order valence-corrected chi connectivity index (χ3v) is 3.12. The molecule has 0 fully saturated rings. The highest BCUT2D eigenvalue weighted by molar-refractivity contribution is 5.79. The first kappa shape index (κ1) is 12.4. The number of benzene rings is 1. The van der Waals surface area contributed by atoms with Gasteiger partial charge >= 0.3 is 0 Å². The summed E-state index contributed by atoms with van der Waals surface area (Å²) in [6, 6.07) is 13.8. The number of aromatic nitrogens is 2. The van der Waals surface area contributed by atoms with Gasteiger partial charge in [0.1, 0.15) is 11.4 Å². The SMILES string of the molecule is Cc1nn(-c2ccccc2)c(C)c1N=Cc1ccco1. The Morgan fingerprint density at radius 2 is 1.90 bits per heavy atom. The number of furan rings is 1. The largest absolute Gasteiger partial charge is 0.463 e. The van der Waals surface area contributed by atoms with Crippen molar-refractivity contribution in [1.29, 1.82) is 0 Å². The van der Waals surface area contributed by atoms with Crippen molar-refractivity contribution in [3.8, 4) is 5.69 Å². The van der Waals surface area contributed by atoms with Crippen molar-refractivity contribution in [2.75, 3.05) is 0 Å². The van der Waals surface area contributed by atoms with Crippen LogP contribution < -0.4 is 0 Å². The minimum absolute atomic E-state index is 0.733. The van der Waals surface area contributed by atoms with Crippen molar-refractivity contribution in [3.05, 3.63) is 65.9 Å². The first-order valence-corrected chi connectivity index (χ1v) is 6.45. The van der Waals surface area contributed by atoms with Gasteiger partial charge in [-0.25, -0.2) is 9.67 Å². The van der Waals surface area contributed by atoms with Crippen molar-refractivity contribution in [1.82, 2.24) is 9.78 Å². The van der Waals surface area contributed by atoms with Crippen LogP contribution in [0.4, 0.5) is 5.69 Å². The maximum atomic E-state index is 5.25. The molecule has 0 atom stereocenters. The molecule has 2 heterocycles. The van der Waals surface area contributed by atoms with Gasteiger partial charge in [-0.1, -0.05) is 18.2 Å². The second kappa shape index (κ2) is 5.17. The summed E-state index contributed by atoms with van der Waals surface area (Å²) in [5.41, 5.74) is 3.82. The predicted molar refractivity (Wildman–Crippen MR) is 79.0 cm³/mol. The lowest BCUT2D eigenvalue weighted by molar-refractivity contribution is 0.560. The second-order valence-electron chi connectivity index (χ2n) is 4.54. The molecule has 0 spiro atoms. The number of nitrogens with zero attached hydrogens (tertiary/aromatic N) is 3. The molecule has 4 nitrogen and oxygen atoms in total. The van der Waals surface area contributed by atoms with Gasteiger partial charge in [-0.15, -0.1) is 0 Å². The van der Waals surface area contributed by atoms with E-state index in [9.17, 15) is 0 Å². The minimum Gasteiger partial charge on any atom is -0.463 e. The first-order valence-electron chi connectivity index (χ1n) is 6.45. The Bertz CT molecular complexity index is 725. The van der Waals surface area contributed by atoms with E-state index in [1.54, 1.807) is 12.5 Å². The summed E-state index contributed by atoms with van der Waals surface area (Å²) in [6.07, 6.45) is 3.35. The Morgan fingerprint density at radius 1 is 1.10 bits per heavy atom. The van der Waals surface area contributed by atoms with Gasteiger partial charge in [0.15, 0.2) is 0 Å². The van der Waals surface area contributed by atoms with Crippen molar-refractivity contribution in [3.63, 3.8) is 0 Å². The van der Waals surface area contributed by atoms with Crippen molar-refractivity contribution in [2.45, 2.75) is 13.8 Å². The average Bonchev–Trinajstić information content (AvgIpc) is 3.07. The molecule has 100 valence electrons. The molecule has 0 saturated heterocycles. The van der Waals surface area contributed by atoms with Crippen LogP contribution in [0.5, 0.6) is 0 Å². The predicted octanol–water partition coefficient (Wildman–Crippen LogP) is 3.83. The minimum atomic E-state index is 0.733. The monoisotopic (exact) mass is 265 g/mol. The topological polar surface area (TPSA) is 43.3 Å². The van der Waals surface area contributed by atoms with E-state index in [1.807, 2.05) is 61.0 Å². The van der Waals surface area contributed by atoms with E-state index in [0.717, 1.165) is 28.5 Å². The normalized spacial score (nSPS) is 11.3. The summed E-state index contributed by atoms with van der Waals surface area (Å²) in [6.45, 7) is 3.98. The molecule has 0 saturated carbocycles. The molecular formula is C16H15N3O. The maximum absolute atomic E-state index is 5.25. The van der Waals surface area contributed by atoms with Gasteiger partial charge in [0.25, 0.3) is 0 Å². The zero-order valence-corrected chi connectivity index (χ0v) is 11.4. The smallest absolute Gasteiger partial charge is 0.144 e. The lowest BCUT2D eigenvalue weighted by Gasteiger charge is -2.03. The fraction of sp³-hybridized carbons (Fsp3) is 0.125. The van der Waals surface area contributed by atoms with Crippen molar-refractivity contribution >= 4 is 11.9 Å². The molecule has 4 heteroatoms. The molecule has 0 aliphatic rings. The van der Waals surface area contributed by atoms with Gasteiger partial charge in [-0.2, -0.15) is 5.10 Å². The fourth-order valence-corrected chi connectivity index (χ4v) is 2.13. The highest BCUT2D eigenvalue weighted by atomic mass is 16.3. The standard InChI is InChI=1S/C16H15N3O/c1-12-16(17-11-15-9-6-10-20-15)13(2)19(18-12)14-7-4-3-5-8-14/h3-11H,1-2H3. The molecule has 0 unspecified atom stereocenters. The van der Waals surface area contributed by atoms with Gasteiger partial charge in [0.2, 0.25) is 0 Å². The highest BCUT2D eigenvalue weighted by Crippen LogP contribution is 2.25. The zero-order chi connectivity index (χ0) is 13.9. The number of hydrogen-bond acceptors (Lipinski definition) is 3. The number of aliphatic imine (C=N–C) groups is 1. The highest BCUT2D eigenvalue weighted by Gasteiger charge is 2.11. The lowest BCUT2D eigenvalue weighted by atomic mass is 10.3. The molecule has 0 bridgehead atoms. The van der Waals surface area contributed by atoms with E-state index in [0.29, 0.717) is 0 Å². The average molecular weight is 265 g/mol. The Labute approximate surface area is 117 Å². The molecular weight excluding hydrogens is 250 g/mol. The fourth-order valence-electron chi connectivity index (χ4n) is 2.13. The van der Waals surface area contributed by atoms with Crippen LogP contribution >= 0.6 is 0 Å². The second-order valence-corrected chi connectivity index (χ2v) is 4.54. The van der Waals surface area contributed by atoms with Crippen molar-refractivity contribution in [2.24, 2.45) is 4.99 Å². The zero-order valence-electron chi connectivity index (χ0n) is 11.4. The van der Waals surface area contributed by atoms with Crippen molar-refractivity contribution < 1.29 is 4.42 Å². The van der Waals surface area contributed by atoms with E-state index < -0.39 is 0 Å². The molecule has 0 aliphatic heterocycles. The first-order chi connectivity index (χ1) is 9.75. The van der Waals surface area contributed by atoms with Crippen LogP contribution in [0.15, 0.2) is 58.1 Å². The van der Waals surface area contributed by atoms with Gasteiger partial charge in [-0.05, 0) is 38.1 Å². The van der Waals surface area contributed by atoms with Gasteiger partial charge in [-0.3, -0.25) is 0 Å². The Morgan fingerprint density at radius 3 is 2.60 bits per heavy atom. The third-order valence-electron chi connectivity index (χ3n) is 3.12. The Hall–Kier alpha value is -2.62. The molecule has 20 heavy (non-hydrogen) atoms. The molecule has 0 aliphatic carbocycles. The lowest BCUT2D eigenvalue weighted by Crippen LogP contribution is -1.98. The molecule has 3 aromatic rings. The van der Waals surface area contributed by atoms with Crippen LogP contribution in [0.1, 0.15) is 17.1 Å². The Balaban J connectivity index is 1.99. The van der Waals surface area contributed by atoms with E-state index in [2.05, 4.69) is 10.1 Å². The van der Waals surface area contributed by atoms with E-state index >= 15 is 0 Å². The van der Waals surface area contributed by atoms with Crippen LogP contribution in [0.3, 0.4) is 0 Å². The van der Waals surface area contributed by atoms with Gasteiger partial charge in [0.05, 0.1) is 29.6 Å². The van der Waals surface area contributed by atoms with Crippen LogP contribution in [0.2, 0.25) is 0 Å². The summed E-state index contributed by atoms with van der Waals surface area (Å²) in [4.78, 5) is 4.49. The summed E-state index contributed by atoms with van der Waals surface area (Å²) < 4.78 is 7.16. The van der Waals surface area contributed by atoms with Crippen LogP contribution in [-0.2, 0) is 0 Å². The number of aryl methyl sites for hydroxylation is 1. The number of rotatable bonds is 3. The Kier molecular flexibility index (Phi) is 3.21. The van der Waals surface area contributed by atoms with E-state index in [1.165, 1.54) is 0 Å². The molecule has 0 amide bonds. The van der Waals surface area contributed by atoms with E-state index in [4.69, 9.17) is 4.42 Å². The van der Waals surface area contributed by atoms with E-state index in [-0.39, 0.29) is 0 Å². The number of hydrogen-bond donors (Lipinski definition) is 0. The molecule has 3 rings (SSSR count). The molecule has 0 N–H and O–H groups in total. The summed E-state index contributed by atoms with van der Waals surface area (Å²) in [7, 11) is 0. The maximum Gasteiger partial charge on any atom is 0.144 e. The molecule has 1 aromatic carbocycles. The van der Waals surface area contributed by atoms with Gasteiger partial charge in [0, 0.05) is 0 Å². The van der Waals surface area contributed by atoms with Crippen LogP contribution in [0, 0.1) is 13.8 Å². The molecule has 0 radical (unpaired) electrons. The number of para-hydroxylation sites is 1. The van der Waals surface area contributed by atoms with Gasteiger partial charge < -0.3 is 4.42 Å². The third kappa shape index (κ3) is 2.28. The quantitative estimate of drug-likeness (QED) is 0.675.